The molecule has 0 unspecified atom stereocenters. The molecular formula is C13H14Cl2N4O2S2. The number of rotatable bonds is 6. The fourth-order valence-corrected chi connectivity index (χ4v) is 3.67. The molecule has 0 aliphatic carbocycles. The predicted octanol–water partition coefficient (Wildman–Crippen LogP) is 3.06. The van der Waals surface area contributed by atoms with Crippen molar-refractivity contribution in [2.24, 2.45) is 5.92 Å². The van der Waals surface area contributed by atoms with Crippen molar-refractivity contribution >= 4 is 52.2 Å². The highest BCUT2D eigenvalue weighted by molar-refractivity contribution is 7.99. The third kappa shape index (κ3) is 5.20. The average molecular weight is 393 g/mol. The number of nitrogens with one attached hydrogen (secondary N) is 2. The van der Waals surface area contributed by atoms with Gasteiger partial charge in [-0.1, -0.05) is 48.8 Å². The summed E-state index contributed by atoms with van der Waals surface area (Å²) in [6.45, 7) is 4.63. The van der Waals surface area contributed by atoms with Gasteiger partial charge in [-0.15, -0.1) is 21.5 Å². The molecule has 0 atom stereocenters. The van der Waals surface area contributed by atoms with Crippen molar-refractivity contribution in [2.45, 2.75) is 19.0 Å². The van der Waals surface area contributed by atoms with Gasteiger partial charge in [-0.3, -0.25) is 14.6 Å². The number of hydrogen-bond acceptors (Lipinski definition) is 6. The minimum absolute atomic E-state index is 0.103. The van der Waals surface area contributed by atoms with Crippen molar-refractivity contribution in [1.82, 2.24) is 20.5 Å². The van der Waals surface area contributed by atoms with Gasteiger partial charge in [0.25, 0.3) is 5.56 Å². The number of halogens is 2. The van der Waals surface area contributed by atoms with Gasteiger partial charge in [-0.25, -0.2) is 0 Å². The van der Waals surface area contributed by atoms with E-state index >= 15 is 0 Å². The van der Waals surface area contributed by atoms with E-state index in [2.05, 4.69) is 20.5 Å². The molecule has 0 aliphatic heterocycles. The van der Waals surface area contributed by atoms with Crippen LogP contribution in [0.15, 0.2) is 16.0 Å². The van der Waals surface area contributed by atoms with Gasteiger partial charge in [0.15, 0.2) is 10.9 Å². The van der Waals surface area contributed by atoms with Gasteiger partial charge >= 0.3 is 0 Å². The lowest BCUT2D eigenvalue weighted by atomic mass is 10.2. The van der Waals surface area contributed by atoms with E-state index in [0.717, 1.165) is 23.1 Å². The first kappa shape index (κ1) is 18.3. The van der Waals surface area contributed by atoms with Gasteiger partial charge in [0.05, 0.1) is 10.1 Å². The molecule has 0 radical (unpaired) electrons. The standard InChI is InChI=1S/C13H14Cl2N4O2S2/c1-6(2)4-16-9(20)5-22-13-17-12(21)10(18-19-13)7-3-8(14)23-11(7)15/h3,6H,4-5H2,1-2H3,(H,16,20)(H,17,19,21). The summed E-state index contributed by atoms with van der Waals surface area (Å²) >= 11 is 14.1. The molecule has 2 N–H and O–H groups in total. The summed E-state index contributed by atoms with van der Waals surface area (Å²) < 4.78 is 0.842. The summed E-state index contributed by atoms with van der Waals surface area (Å²) in [4.78, 5) is 26.3. The van der Waals surface area contributed by atoms with Crippen molar-refractivity contribution in [3.63, 3.8) is 0 Å². The van der Waals surface area contributed by atoms with Crippen LogP contribution in [0.5, 0.6) is 0 Å². The molecule has 0 aromatic carbocycles. The summed E-state index contributed by atoms with van der Waals surface area (Å²) in [7, 11) is 0. The molecule has 124 valence electrons. The summed E-state index contributed by atoms with van der Waals surface area (Å²) in [6, 6.07) is 1.57. The van der Waals surface area contributed by atoms with E-state index in [4.69, 9.17) is 23.2 Å². The Morgan fingerprint density at radius 2 is 2.17 bits per heavy atom. The number of nitrogens with zero attached hydrogens (tertiary/aromatic N) is 2. The molecule has 0 bridgehead atoms. The van der Waals surface area contributed by atoms with Crippen LogP contribution in [-0.4, -0.2) is 33.4 Å². The van der Waals surface area contributed by atoms with Crippen molar-refractivity contribution in [3.8, 4) is 11.3 Å². The molecule has 2 rings (SSSR count). The predicted molar refractivity (Wildman–Crippen MR) is 94.6 cm³/mol. The number of aromatic amines is 1. The molecule has 2 heterocycles. The summed E-state index contributed by atoms with van der Waals surface area (Å²) in [5, 5.41) is 10.9. The molecule has 0 fully saturated rings. The molecule has 0 aliphatic rings. The van der Waals surface area contributed by atoms with Crippen LogP contribution in [0.1, 0.15) is 13.8 Å². The van der Waals surface area contributed by atoms with Crippen LogP contribution in [-0.2, 0) is 4.79 Å². The zero-order valence-electron chi connectivity index (χ0n) is 12.4. The molecule has 0 saturated heterocycles. The highest BCUT2D eigenvalue weighted by Gasteiger charge is 2.15. The van der Waals surface area contributed by atoms with E-state index in [0.29, 0.717) is 26.7 Å². The van der Waals surface area contributed by atoms with Gasteiger partial charge in [0, 0.05) is 12.1 Å². The van der Waals surface area contributed by atoms with E-state index in [1.807, 2.05) is 13.8 Å². The molecule has 23 heavy (non-hydrogen) atoms. The molecule has 1 amide bonds. The fourth-order valence-electron chi connectivity index (χ4n) is 1.57. The maximum atomic E-state index is 12.1. The fraction of sp³-hybridized carbons (Fsp3) is 0.385. The number of thioether (sulfide) groups is 1. The molecule has 6 nitrogen and oxygen atoms in total. The molecule has 2 aromatic rings. The first-order valence-electron chi connectivity index (χ1n) is 6.68. The second-order valence-electron chi connectivity index (χ2n) is 5.03. The number of aromatic nitrogens is 3. The Morgan fingerprint density at radius 3 is 2.74 bits per heavy atom. The minimum Gasteiger partial charge on any atom is -0.355 e. The second kappa shape index (κ2) is 8.14. The number of thiophene rings is 1. The number of carbonyl (C=O) groups excluding carboxylic acids is 1. The zero-order valence-corrected chi connectivity index (χ0v) is 15.5. The van der Waals surface area contributed by atoms with Crippen molar-refractivity contribution < 1.29 is 4.79 Å². The summed E-state index contributed by atoms with van der Waals surface area (Å²) in [5.74, 6) is 0.412. The van der Waals surface area contributed by atoms with Crippen LogP contribution in [0, 0.1) is 5.92 Å². The maximum Gasteiger partial charge on any atom is 0.278 e. The highest BCUT2D eigenvalue weighted by atomic mass is 35.5. The lowest BCUT2D eigenvalue weighted by molar-refractivity contribution is -0.118. The van der Waals surface area contributed by atoms with E-state index in [1.54, 1.807) is 6.07 Å². The van der Waals surface area contributed by atoms with Crippen LogP contribution in [0.4, 0.5) is 0 Å². The Balaban J connectivity index is 2.04. The van der Waals surface area contributed by atoms with Gasteiger partial charge < -0.3 is 5.32 Å². The SMILES string of the molecule is CC(C)CNC(=O)CSc1nnc(-c2cc(Cl)sc2Cl)c(=O)[nH]1. The van der Waals surface area contributed by atoms with Crippen LogP contribution in [0.3, 0.4) is 0 Å². The van der Waals surface area contributed by atoms with E-state index in [1.165, 1.54) is 0 Å². The Kier molecular flexibility index (Phi) is 6.46. The summed E-state index contributed by atoms with van der Waals surface area (Å²) in [6.07, 6.45) is 0. The van der Waals surface area contributed by atoms with Crippen molar-refractivity contribution in [3.05, 3.63) is 25.1 Å². The minimum atomic E-state index is -0.429. The molecule has 0 saturated carbocycles. The summed E-state index contributed by atoms with van der Waals surface area (Å²) in [5.41, 5.74) is 0.120. The first-order chi connectivity index (χ1) is 10.9. The molecular weight excluding hydrogens is 379 g/mol. The number of H-pyrrole nitrogens is 1. The van der Waals surface area contributed by atoms with Crippen LogP contribution < -0.4 is 10.9 Å². The normalized spacial score (nSPS) is 11.0. The lowest BCUT2D eigenvalue weighted by Crippen LogP contribution is -2.29. The monoisotopic (exact) mass is 392 g/mol. The third-order valence-corrected chi connectivity index (χ3v) is 4.99. The zero-order chi connectivity index (χ0) is 17.0. The molecule has 0 spiro atoms. The Bertz CT molecular complexity index is 761. The van der Waals surface area contributed by atoms with E-state index in [9.17, 15) is 9.59 Å². The van der Waals surface area contributed by atoms with Gasteiger partial charge in [-0.2, -0.15) is 0 Å². The Labute approximate surface area is 151 Å². The Hall–Kier alpha value is -1.09. The smallest absolute Gasteiger partial charge is 0.278 e. The largest absolute Gasteiger partial charge is 0.355 e. The number of hydrogen-bond donors (Lipinski definition) is 2. The van der Waals surface area contributed by atoms with E-state index < -0.39 is 5.56 Å². The van der Waals surface area contributed by atoms with Gasteiger partial charge in [0.1, 0.15) is 4.34 Å². The molecule has 10 heteroatoms. The molecule has 2 aromatic heterocycles. The van der Waals surface area contributed by atoms with Gasteiger partial charge in [-0.05, 0) is 12.0 Å². The van der Waals surface area contributed by atoms with Crippen LogP contribution in [0.25, 0.3) is 11.3 Å². The topological polar surface area (TPSA) is 87.7 Å². The number of amides is 1. The van der Waals surface area contributed by atoms with Crippen LogP contribution in [0.2, 0.25) is 8.67 Å². The lowest BCUT2D eigenvalue weighted by Gasteiger charge is -2.06. The Morgan fingerprint density at radius 1 is 1.43 bits per heavy atom. The van der Waals surface area contributed by atoms with Crippen LogP contribution >= 0.6 is 46.3 Å². The van der Waals surface area contributed by atoms with E-state index in [-0.39, 0.29) is 22.5 Å². The first-order valence-corrected chi connectivity index (χ1v) is 9.24. The van der Waals surface area contributed by atoms with Crippen molar-refractivity contribution in [2.75, 3.05) is 12.3 Å². The van der Waals surface area contributed by atoms with Crippen molar-refractivity contribution in [1.29, 1.82) is 0 Å². The second-order valence-corrected chi connectivity index (χ2v) is 8.28. The highest BCUT2D eigenvalue weighted by Crippen LogP contribution is 2.35. The van der Waals surface area contributed by atoms with Gasteiger partial charge in [0.2, 0.25) is 5.91 Å². The third-order valence-electron chi connectivity index (χ3n) is 2.64. The quantitative estimate of drug-likeness (QED) is 0.737. The average Bonchev–Trinajstić information content (AvgIpc) is 2.81. The number of carbonyl (C=O) groups is 1. The maximum absolute atomic E-state index is 12.1.